The summed E-state index contributed by atoms with van der Waals surface area (Å²) in [6.07, 6.45) is 2.01. The van der Waals surface area contributed by atoms with E-state index in [1.165, 1.54) is 10.8 Å². The summed E-state index contributed by atoms with van der Waals surface area (Å²) in [6, 6.07) is 15.8. The zero-order valence-corrected chi connectivity index (χ0v) is 19.2. The zero-order valence-electron chi connectivity index (χ0n) is 17.7. The van der Waals surface area contributed by atoms with Gasteiger partial charge in [0.15, 0.2) is 0 Å². The SMILES string of the molecule is COc1ccc(-n2c(C)c3c(C)nn4cc(-c5cc(Cl)ccc5Cl)cc4c3c2C)cc1. The number of rotatable bonds is 3. The van der Waals surface area contributed by atoms with Crippen molar-refractivity contribution < 1.29 is 4.74 Å². The number of hydrogen-bond donors (Lipinski definition) is 0. The molecule has 0 saturated heterocycles. The van der Waals surface area contributed by atoms with Crippen molar-refractivity contribution in [3.63, 3.8) is 0 Å². The van der Waals surface area contributed by atoms with Gasteiger partial charge in [0.2, 0.25) is 0 Å². The lowest BCUT2D eigenvalue weighted by molar-refractivity contribution is 0.414. The number of aromatic nitrogens is 3. The molecular weight excluding hydrogens is 429 g/mol. The highest BCUT2D eigenvalue weighted by molar-refractivity contribution is 6.35. The quantitative estimate of drug-likeness (QED) is 0.291. The molecule has 0 radical (unpaired) electrons. The van der Waals surface area contributed by atoms with Crippen molar-refractivity contribution in [1.82, 2.24) is 14.2 Å². The number of benzene rings is 2. The van der Waals surface area contributed by atoms with Gasteiger partial charge in [-0.3, -0.25) is 0 Å². The summed E-state index contributed by atoms with van der Waals surface area (Å²) in [7, 11) is 1.68. The molecular formula is C25H21Cl2N3O. The lowest BCUT2D eigenvalue weighted by atomic mass is 10.1. The fourth-order valence-corrected chi connectivity index (χ4v) is 4.91. The molecule has 0 amide bonds. The van der Waals surface area contributed by atoms with Gasteiger partial charge in [0.05, 0.1) is 18.3 Å². The second-order valence-corrected chi connectivity index (χ2v) is 8.57. The van der Waals surface area contributed by atoms with Gasteiger partial charge in [0.25, 0.3) is 0 Å². The van der Waals surface area contributed by atoms with Crippen LogP contribution < -0.4 is 4.74 Å². The van der Waals surface area contributed by atoms with Gasteiger partial charge in [-0.05, 0) is 69.3 Å². The second kappa shape index (κ2) is 7.33. The Morgan fingerprint density at radius 1 is 0.871 bits per heavy atom. The summed E-state index contributed by atoms with van der Waals surface area (Å²) in [5.74, 6) is 0.839. The van der Waals surface area contributed by atoms with Crippen LogP contribution in [0.15, 0.2) is 54.7 Å². The first-order chi connectivity index (χ1) is 14.9. The molecule has 0 fully saturated rings. The van der Waals surface area contributed by atoms with Crippen molar-refractivity contribution in [2.24, 2.45) is 0 Å². The van der Waals surface area contributed by atoms with Gasteiger partial charge in [0.1, 0.15) is 5.75 Å². The van der Waals surface area contributed by atoms with Gasteiger partial charge >= 0.3 is 0 Å². The zero-order chi connectivity index (χ0) is 21.9. The van der Waals surface area contributed by atoms with Crippen molar-refractivity contribution in [2.75, 3.05) is 7.11 Å². The van der Waals surface area contributed by atoms with Crippen LogP contribution in [0.25, 0.3) is 33.1 Å². The summed E-state index contributed by atoms with van der Waals surface area (Å²) in [6.45, 7) is 6.35. The van der Waals surface area contributed by atoms with Crippen LogP contribution in [0.3, 0.4) is 0 Å². The highest BCUT2D eigenvalue weighted by Gasteiger charge is 2.20. The molecule has 156 valence electrons. The van der Waals surface area contributed by atoms with Crippen molar-refractivity contribution in [1.29, 1.82) is 0 Å². The third-order valence-electron chi connectivity index (χ3n) is 5.89. The predicted molar refractivity (Wildman–Crippen MR) is 128 cm³/mol. The Labute approximate surface area is 190 Å². The predicted octanol–water partition coefficient (Wildman–Crippen LogP) is 7.19. The highest BCUT2D eigenvalue weighted by Crippen LogP contribution is 2.37. The molecule has 3 heterocycles. The molecule has 0 aliphatic rings. The Hall–Kier alpha value is -2.95. The molecule has 0 atom stereocenters. The number of methoxy groups -OCH3 is 1. The van der Waals surface area contributed by atoms with E-state index < -0.39 is 0 Å². The minimum absolute atomic E-state index is 0.654. The fourth-order valence-electron chi connectivity index (χ4n) is 4.51. The number of nitrogens with zero attached hydrogens (tertiary/aromatic N) is 3. The van der Waals surface area contributed by atoms with Gasteiger partial charge in [-0.15, -0.1) is 0 Å². The van der Waals surface area contributed by atoms with Crippen LogP contribution in [0.5, 0.6) is 5.75 Å². The van der Waals surface area contributed by atoms with E-state index in [9.17, 15) is 0 Å². The Kier molecular flexibility index (Phi) is 4.72. The lowest BCUT2D eigenvalue weighted by Crippen LogP contribution is -1.98. The molecule has 5 aromatic rings. The first-order valence-corrected chi connectivity index (χ1v) is 10.7. The van der Waals surface area contributed by atoms with E-state index in [2.05, 4.69) is 43.5 Å². The standard InChI is InChI=1S/C25H21Cl2N3O/c1-14-24-15(2)30(19-6-8-20(31-4)9-7-19)16(3)25(24)23-11-17(13-29(23)28-14)21-12-18(26)5-10-22(21)27/h5-13H,1-4H3. The topological polar surface area (TPSA) is 31.5 Å². The molecule has 31 heavy (non-hydrogen) atoms. The highest BCUT2D eigenvalue weighted by atomic mass is 35.5. The molecule has 0 saturated carbocycles. The Balaban J connectivity index is 1.80. The third kappa shape index (κ3) is 3.10. The van der Waals surface area contributed by atoms with Crippen LogP contribution in [0.2, 0.25) is 10.0 Å². The molecule has 0 bridgehead atoms. The third-order valence-corrected chi connectivity index (χ3v) is 6.46. The molecule has 0 N–H and O–H groups in total. The molecule has 0 spiro atoms. The normalized spacial score (nSPS) is 11.5. The minimum Gasteiger partial charge on any atom is -0.497 e. The first-order valence-electron chi connectivity index (χ1n) is 9.99. The Bertz CT molecular complexity index is 1460. The van der Waals surface area contributed by atoms with E-state index in [-0.39, 0.29) is 0 Å². The van der Waals surface area contributed by atoms with E-state index >= 15 is 0 Å². The summed E-state index contributed by atoms with van der Waals surface area (Å²) in [5, 5.41) is 8.52. The van der Waals surface area contributed by atoms with E-state index in [1.54, 1.807) is 13.2 Å². The van der Waals surface area contributed by atoms with Crippen LogP contribution in [-0.2, 0) is 0 Å². The van der Waals surface area contributed by atoms with Crippen LogP contribution in [-0.4, -0.2) is 21.3 Å². The molecule has 3 aromatic heterocycles. The monoisotopic (exact) mass is 449 g/mol. The van der Waals surface area contributed by atoms with Gasteiger partial charge in [-0.25, -0.2) is 4.52 Å². The van der Waals surface area contributed by atoms with Crippen LogP contribution >= 0.6 is 23.2 Å². The maximum Gasteiger partial charge on any atom is 0.119 e. The fraction of sp³-hybridized carbons (Fsp3) is 0.160. The van der Waals surface area contributed by atoms with Crippen LogP contribution in [0.1, 0.15) is 17.1 Å². The number of hydrogen-bond acceptors (Lipinski definition) is 2. The van der Waals surface area contributed by atoms with Crippen molar-refractivity contribution in [2.45, 2.75) is 20.8 Å². The van der Waals surface area contributed by atoms with E-state index in [4.69, 9.17) is 33.0 Å². The summed E-state index contributed by atoms with van der Waals surface area (Å²) < 4.78 is 9.54. The van der Waals surface area contributed by atoms with Gasteiger partial charge in [0, 0.05) is 55.2 Å². The average Bonchev–Trinajstić information content (AvgIpc) is 3.28. The minimum atomic E-state index is 0.654. The Morgan fingerprint density at radius 2 is 1.58 bits per heavy atom. The summed E-state index contributed by atoms with van der Waals surface area (Å²) in [4.78, 5) is 0. The molecule has 6 heteroatoms. The molecule has 4 nitrogen and oxygen atoms in total. The number of ether oxygens (including phenoxy) is 1. The van der Waals surface area contributed by atoms with Crippen molar-refractivity contribution in [3.05, 3.63) is 81.9 Å². The van der Waals surface area contributed by atoms with Crippen LogP contribution in [0, 0.1) is 20.8 Å². The molecule has 0 aliphatic heterocycles. The maximum absolute atomic E-state index is 6.47. The van der Waals surface area contributed by atoms with Gasteiger partial charge in [-0.1, -0.05) is 23.2 Å². The second-order valence-electron chi connectivity index (χ2n) is 7.72. The smallest absolute Gasteiger partial charge is 0.119 e. The Morgan fingerprint density at radius 3 is 2.29 bits per heavy atom. The van der Waals surface area contributed by atoms with Gasteiger partial charge < -0.3 is 9.30 Å². The van der Waals surface area contributed by atoms with Crippen molar-refractivity contribution in [3.8, 4) is 22.6 Å². The molecule has 2 aromatic carbocycles. The van der Waals surface area contributed by atoms with Gasteiger partial charge in [-0.2, -0.15) is 5.10 Å². The van der Waals surface area contributed by atoms with E-state index in [1.807, 2.05) is 35.0 Å². The summed E-state index contributed by atoms with van der Waals surface area (Å²) >= 11 is 12.7. The maximum atomic E-state index is 6.47. The molecule has 5 rings (SSSR count). The first kappa shape index (κ1) is 20.0. The number of fused-ring (bicyclic) bond motifs is 3. The molecule has 0 unspecified atom stereocenters. The average molecular weight is 450 g/mol. The largest absolute Gasteiger partial charge is 0.497 e. The summed E-state index contributed by atoms with van der Waals surface area (Å²) in [5.41, 5.74) is 7.32. The lowest BCUT2D eigenvalue weighted by Gasteiger charge is -2.10. The number of aryl methyl sites for hydroxylation is 3. The molecule has 0 aliphatic carbocycles. The van der Waals surface area contributed by atoms with Crippen LogP contribution in [0.4, 0.5) is 0 Å². The number of halogens is 2. The van der Waals surface area contributed by atoms with E-state index in [0.717, 1.165) is 45.2 Å². The van der Waals surface area contributed by atoms with Crippen molar-refractivity contribution >= 4 is 39.5 Å². The van der Waals surface area contributed by atoms with E-state index in [0.29, 0.717) is 10.0 Å².